The number of methoxy groups -OCH3 is 1. The number of amides is 1. The van der Waals surface area contributed by atoms with E-state index in [2.05, 4.69) is 6.07 Å². The maximum atomic E-state index is 13.7. The van der Waals surface area contributed by atoms with Crippen molar-refractivity contribution >= 4 is 11.9 Å². The van der Waals surface area contributed by atoms with Gasteiger partial charge in [0.1, 0.15) is 5.75 Å². The van der Waals surface area contributed by atoms with Gasteiger partial charge in [0.15, 0.2) is 0 Å². The van der Waals surface area contributed by atoms with Crippen LogP contribution in [0.25, 0.3) is 0 Å². The number of rotatable bonds is 5. The molecular formula is C22H29NO4. The van der Waals surface area contributed by atoms with Gasteiger partial charge >= 0.3 is 5.97 Å². The first-order valence-electron chi connectivity index (χ1n) is 10.2. The van der Waals surface area contributed by atoms with Gasteiger partial charge in [0, 0.05) is 13.1 Å². The highest BCUT2D eigenvalue weighted by molar-refractivity contribution is 5.85. The number of ether oxygens (including phenoxy) is 1. The first kappa shape index (κ1) is 18.3. The van der Waals surface area contributed by atoms with Crippen LogP contribution >= 0.6 is 0 Å². The number of likely N-dealkylation sites (tertiary alicyclic amines) is 1. The SMILES string of the molecule is COc1cccc(CC2(C(=O)N3CCCC(C(=O)O)C3)CC3CCC2C3)c1. The van der Waals surface area contributed by atoms with E-state index in [0.717, 1.165) is 43.4 Å². The van der Waals surface area contributed by atoms with Gasteiger partial charge in [-0.1, -0.05) is 18.6 Å². The second kappa shape index (κ2) is 7.17. The molecule has 27 heavy (non-hydrogen) atoms. The van der Waals surface area contributed by atoms with Crippen molar-refractivity contribution in [2.75, 3.05) is 20.2 Å². The Morgan fingerprint density at radius 3 is 2.81 bits per heavy atom. The molecule has 5 nitrogen and oxygen atoms in total. The Balaban J connectivity index is 1.61. The van der Waals surface area contributed by atoms with E-state index < -0.39 is 11.9 Å². The lowest BCUT2D eigenvalue weighted by molar-refractivity contribution is -0.151. The Bertz CT molecular complexity index is 733. The number of carboxylic acid groups (broad SMARTS) is 1. The lowest BCUT2D eigenvalue weighted by atomic mass is 9.68. The molecular weight excluding hydrogens is 342 g/mol. The Kier molecular flexibility index (Phi) is 4.87. The van der Waals surface area contributed by atoms with Crippen LogP contribution in [0, 0.1) is 23.2 Å². The number of benzene rings is 1. The summed E-state index contributed by atoms with van der Waals surface area (Å²) in [4.78, 5) is 27.1. The van der Waals surface area contributed by atoms with Gasteiger partial charge in [-0.2, -0.15) is 0 Å². The first-order chi connectivity index (χ1) is 13.0. The fourth-order valence-electron chi connectivity index (χ4n) is 5.82. The number of piperidine rings is 1. The van der Waals surface area contributed by atoms with E-state index in [1.165, 1.54) is 6.42 Å². The molecule has 0 spiro atoms. The molecule has 1 aromatic carbocycles. The average molecular weight is 371 g/mol. The summed E-state index contributed by atoms with van der Waals surface area (Å²) in [6.45, 7) is 1.06. The summed E-state index contributed by atoms with van der Waals surface area (Å²) in [6.07, 6.45) is 6.64. The van der Waals surface area contributed by atoms with Crippen molar-refractivity contribution in [1.82, 2.24) is 4.90 Å². The molecule has 1 heterocycles. The predicted molar refractivity (Wildman–Crippen MR) is 102 cm³/mol. The third kappa shape index (κ3) is 3.32. The standard InChI is InChI=1S/C22H29NO4/c1-27-19-6-2-4-15(11-19)12-22(13-16-7-8-18(22)10-16)21(26)23-9-3-5-17(14-23)20(24)25/h2,4,6,11,16-18H,3,5,7-10,12-14H2,1H3,(H,24,25). The van der Waals surface area contributed by atoms with Crippen molar-refractivity contribution in [1.29, 1.82) is 0 Å². The molecule has 0 radical (unpaired) electrons. The van der Waals surface area contributed by atoms with Gasteiger partial charge in [-0.25, -0.2) is 0 Å². The number of nitrogens with zero attached hydrogens (tertiary/aromatic N) is 1. The van der Waals surface area contributed by atoms with Crippen LogP contribution in [0.5, 0.6) is 5.75 Å². The Labute approximate surface area is 160 Å². The van der Waals surface area contributed by atoms with Crippen molar-refractivity contribution in [3.63, 3.8) is 0 Å². The monoisotopic (exact) mass is 371 g/mol. The van der Waals surface area contributed by atoms with Crippen LogP contribution in [0.1, 0.15) is 44.1 Å². The molecule has 1 saturated heterocycles. The van der Waals surface area contributed by atoms with E-state index in [0.29, 0.717) is 31.3 Å². The van der Waals surface area contributed by atoms with Crippen LogP contribution in [-0.4, -0.2) is 42.1 Å². The zero-order valence-corrected chi connectivity index (χ0v) is 16.0. The van der Waals surface area contributed by atoms with Crippen LogP contribution in [0.2, 0.25) is 0 Å². The second-order valence-electron chi connectivity index (χ2n) is 8.69. The van der Waals surface area contributed by atoms with Crippen LogP contribution in [-0.2, 0) is 16.0 Å². The molecule has 1 N–H and O–H groups in total. The lowest BCUT2D eigenvalue weighted by Crippen LogP contribution is -2.52. The number of fused-ring (bicyclic) bond motifs is 2. The van der Waals surface area contributed by atoms with E-state index in [1.54, 1.807) is 7.11 Å². The molecule has 2 bridgehead atoms. The third-order valence-corrected chi connectivity index (χ3v) is 7.11. The Hall–Kier alpha value is -2.04. The highest BCUT2D eigenvalue weighted by atomic mass is 16.5. The minimum Gasteiger partial charge on any atom is -0.497 e. The van der Waals surface area contributed by atoms with Crippen LogP contribution in [0.15, 0.2) is 24.3 Å². The molecule has 1 amide bonds. The molecule has 4 rings (SSSR count). The van der Waals surface area contributed by atoms with Crippen molar-refractivity contribution in [3.05, 3.63) is 29.8 Å². The summed E-state index contributed by atoms with van der Waals surface area (Å²) in [5.74, 6) is 0.888. The third-order valence-electron chi connectivity index (χ3n) is 7.11. The summed E-state index contributed by atoms with van der Waals surface area (Å²) in [5.41, 5.74) is 0.775. The van der Waals surface area contributed by atoms with E-state index in [9.17, 15) is 14.7 Å². The highest BCUT2D eigenvalue weighted by Crippen LogP contribution is 2.58. The van der Waals surface area contributed by atoms with Crippen LogP contribution < -0.4 is 4.74 Å². The molecule has 146 valence electrons. The molecule has 1 aromatic rings. The van der Waals surface area contributed by atoms with E-state index in [1.807, 2.05) is 23.1 Å². The zero-order valence-electron chi connectivity index (χ0n) is 16.0. The molecule has 5 heteroatoms. The number of aliphatic carboxylic acids is 1. The number of carboxylic acids is 1. The first-order valence-corrected chi connectivity index (χ1v) is 10.2. The summed E-state index contributed by atoms with van der Waals surface area (Å²) < 4.78 is 5.37. The summed E-state index contributed by atoms with van der Waals surface area (Å²) in [6, 6.07) is 8.04. The van der Waals surface area contributed by atoms with E-state index in [4.69, 9.17) is 4.74 Å². The van der Waals surface area contributed by atoms with Crippen LogP contribution in [0.3, 0.4) is 0 Å². The van der Waals surface area contributed by atoms with Crippen molar-refractivity contribution in [3.8, 4) is 5.75 Å². The van der Waals surface area contributed by atoms with Gasteiger partial charge < -0.3 is 14.7 Å². The maximum absolute atomic E-state index is 13.7. The predicted octanol–water partition coefficient (Wildman–Crippen LogP) is 3.37. The lowest BCUT2D eigenvalue weighted by Gasteiger charge is -2.42. The van der Waals surface area contributed by atoms with Crippen LogP contribution in [0.4, 0.5) is 0 Å². The molecule has 2 saturated carbocycles. The normalized spacial score (nSPS) is 32.5. The minimum atomic E-state index is -0.776. The smallest absolute Gasteiger partial charge is 0.308 e. The maximum Gasteiger partial charge on any atom is 0.308 e. The second-order valence-corrected chi connectivity index (χ2v) is 8.69. The molecule has 1 aliphatic heterocycles. The number of carbonyl (C=O) groups is 2. The fraction of sp³-hybridized carbons (Fsp3) is 0.636. The van der Waals surface area contributed by atoms with Gasteiger partial charge in [-0.3, -0.25) is 9.59 Å². The van der Waals surface area contributed by atoms with Gasteiger partial charge in [0.2, 0.25) is 5.91 Å². The summed E-state index contributed by atoms with van der Waals surface area (Å²) in [7, 11) is 1.66. The Morgan fingerprint density at radius 2 is 2.15 bits per heavy atom. The van der Waals surface area contributed by atoms with Gasteiger partial charge in [0.25, 0.3) is 0 Å². The fourth-order valence-corrected chi connectivity index (χ4v) is 5.82. The molecule has 2 aliphatic carbocycles. The molecule has 3 fully saturated rings. The number of hydrogen-bond donors (Lipinski definition) is 1. The molecule has 4 atom stereocenters. The largest absolute Gasteiger partial charge is 0.497 e. The van der Waals surface area contributed by atoms with Gasteiger partial charge in [-0.05, 0) is 68.1 Å². The number of hydrogen-bond acceptors (Lipinski definition) is 3. The summed E-state index contributed by atoms with van der Waals surface area (Å²) in [5, 5.41) is 9.41. The van der Waals surface area contributed by atoms with Crippen molar-refractivity contribution in [2.24, 2.45) is 23.2 Å². The quantitative estimate of drug-likeness (QED) is 0.862. The topological polar surface area (TPSA) is 66.8 Å². The van der Waals surface area contributed by atoms with Crippen molar-refractivity contribution in [2.45, 2.75) is 44.9 Å². The molecule has 3 aliphatic rings. The van der Waals surface area contributed by atoms with E-state index >= 15 is 0 Å². The van der Waals surface area contributed by atoms with E-state index in [-0.39, 0.29) is 11.3 Å². The van der Waals surface area contributed by atoms with Gasteiger partial charge in [0.05, 0.1) is 18.4 Å². The highest BCUT2D eigenvalue weighted by Gasteiger charge is 2.56. The molecule has 4 unspecified atom stereocenters. The number of carbonyl (C=O) groups excluding carboxylic acids is 1. The molecule has 0 aromatic heterocycles. The zero-order chi connectivity index (χ0) is 19.0. The Morgan fingerprint density at radius 1 is 1.30 bits per heavy atom. The average Bonchev–Trinajstić information content (AvgIpc) is 3.29. The van der Waals surface area contributed by atoms with Crippen molar-refractivity contribution < 1.29 is 19.4 Å². The minimum absolute atomic E-state index is 0.198. The summed E-state index contributed by atoms with van der Waals surface area (Å²) >= 11 is 0. The van der Waals surface area contributed by atoms with Gasteiger partial charge in [-0.15, -0.1) is 0 Å².